The lowest BCUT2D eigenvalue weighted by Gasteiger charge is -2.19. The van der Waals surface area contributed by atoms with Crippen LogP contribution >= 0.6 is 0 Å². The fraction of sp³-hybridized carbons (Fsp3) is 0.238. The van der Waals surface area contributed by atoms with Crippen molar-refractivity contribution in [2.24, 2.45) is 0 Å². The van der Waals surface area contributed by atoms with E-state index in [4.69, 9.17) is 5.11 Å². The molecule has 0 bridgehead atoms. The number of pyridine rings is 1. The van der Waals surface area contributed by atoms with Crippen LogP contribution in [0.4, 0.5) is 17.5 Å². The first kappa shape index (κ1) is 19.3. The van der Waals surface area contributed by atoms with Gasteiger partial charge in [-0.15, -0.1) is 0 Å². The summed E-state index contributed by atoms with van der Waals surface area (Å²) < 4.78 is 0. The Balaban J connectivity index is 1.90. The van der Waals surface area contributed by atoms with Gasteiger partial charge in [-0.2, -0.15) is 4.98 Å². The Morgan fingerprint density at radius 3 is 2.39 bits per heavy atom. The van der Waals surface area contributed by atoms with Gasteiger partial charge in [0.25, 0.3) is 0 Å². The van der Waals surface area contributed by atoms with E-state index in [1.165, 1.54) is 5.56 Å². The van der Waals surface area contributed by atoms with Gasteiger partial charge in [0.2, 0.25) is 5.95 Å². The molecule has 1 aromatic carbocycles. The third-order valence-corrected chi connectivity index (χ3v) is 4.07. The highest BCUT2D eigenvalue weighted by Crippen LogP contribution is 2.26. The van der Waals surface area contributed by atoms with Crippen LogP contribution < -0.4 is 10.6 Å². The van der Waals surface area contributed by atoms with Crippen LogP contribution in [-0.2, 0) is 10.2 Å². The average molecular weight is 377 g/mol. The smallest absolute Gasteiger partial charge is 0.322 e. The number of carbonyl (C=O) groups is 1. The van der Waals surface area contributed by atoms with Gasteiger partial charge in [0.05, 0.1) is 11.4 Å². The minimum absolute atomic E-state index is 0.0769. The van der Waals surface area contributed by atoms with E-state index in [2.05, 4.69) is 58.5 Å². The number of carboxylic acids is 1. The second-order valence-corrected chi connectivity index (χ2v) is 7.38. The van der Waals surface area contributed by atoms with Gasteiger partial charge in [-0.1, -0.05) is 39.0 Å². The van der Waals surface area contributed by atoms with Gasteiger partial charge < -0.3 is 15.7 Å². The fourth-order valence-corrected chi connectivity index (χ4v) is 2.59. The highest BCUT2D eigenvalue weighted by atomic mass is 16.4. The Hall–Kier alpha value is -3.48. The quantitative estimate of drug-likeness (QED) is 0.595. The van der Waals surface area contributed by atoms with Crippen molar-refractivity contribution in [3.05, 3.63) is 60.3 Å². The molecule has 0 aliphatic carbocycles. The molecule has 0 fully saturated rings. The molecule has 0 spiro atoms. The first-order valence-corrected chi connectivity index (χ1v) is 8.95. The standard InChI is InChI=1S/C21H23N5O2/c1-21(2,3)14-7-9-15(10-8-14)24-18-12-17(16-6-4-5-11-22-16)25-20(26-18)23-13-19(27)28/h4-12H,13H2,1-3H3,(H,27,28)(H2,23,24,25,26). The van der Waals surface area contributed by atoms with E-state index >= 15 is 0 Å². The van der Waals surface area contributed by atoms with Crippen molar-refractivity contribution in [1.29, 1.82) is 0 Å². The van der Waals surface area contributed by atoms with Crippen LogP contribution in [0.15, 0.2) is 54.7 Å². The van der Waals surface area contributed by atoms with Crippen LogP contribution in [-0.4, -0.2) is 32.6 Å². The molecule has 0 radical (unpaired) electrons. The predicted octanol–water partition coefficient (Wildman–Crippen LogP) is 4.08. The number of nitrogens with one attached hydrogen (secondary N) is 2. The highest BCUT2D eigenvalue weighted by molar-refractivity contribution is 5.72. The Bertz CT molecular complexity index is 951. The molecule has 3 rings (SSSR count). The minimum atomic E-state index is -0.987. The average Bonchev–Trinajstić information content (AvgIpc) is 2.67. The zero-order chi connectivity index (χ0) is 20.1. The van der Waals surface area contributed by atoms with Crippen molar-refractivity contribution in [3.63, 3.8) is 0 Å². The van der Waals surface area contributed by atoms with Crippen LogP contribution in [0.3, 0.4) is 0 Å². The van der Waals surface area contributed by atoms with Crippen molar-refractivity contribution in [3.8, 4) is 11.4 Å². The van der Waals surface area contributed by atoms with Crippen molar-refractivity contribution >= 4 is 23.4 Å². The maximum absolute atomic E-state index is 10.9. The van der Waals surface area contributed by atoms with E-state index in [9.17, 15) is 4.79 Å². The van der Waals surface area contributed by atoms with Crippen LogP contribution in [0.5, 0.6) is 0 Å². The summed E-state index contributed by atoms with van der Waals surface area (Å²) in [5.74, 6) is -0.217. The van der Waals surface area contributed by atoms with Crippen LogP contribution in [0.2, 0.25) is 0 Å². The van der Waals surface area contributed by atoms with Gasteiger partial charge in [-0.25, -0.2) is 4.98 Å². The van der Waals surface area contributed by atoms with Gasteiger partial charge in [0.1, 0.15) is 12.4 Å². The van der Waals surface area contributed by atoms with Crippen molar-refractivity contribution < 1.29 is 9.90 Å². The Kier molecular flexibility index (Phi) is 5.54. The largest absolute Gasteiger partial charge is 0.480 e. The summed E-state index contributed by atoms with van der Waals surface area (Å²) >= 11 is 0. The van der Waals surface area contributed by atoms with Gasteiger partial charge >= 0.3 is 5.97 Å². The van der Waals surface area contributed by atoms with Crippen LogP contribution in [0, 0.1) is 0 Å². The molecule has 0 saturated heterocycles. The number of carboxylic acid groups (broad SMARTS) is 1. The van der Waals surface area contributed by atoms with Crippen molar-refractivity contribution in [2.75, 3.05) is 17.2 Å². The number of aliphatic carboxylic acids is 1. The lowest BCUT2D eigenvalue weighted by molar-refractivity contribution is -0.134. The minimum Gasteiger partial charge on any atom is -0.480 e. The van der Waals surface area contributed by atoms with E-state index < -0.39 is 5.97 Å². The Labute approximate surface area is 163 Å². The third-order valence-electron chi connectivity index (χ3n) is 4.07. The molecule has 3 N–H and O–H groups in total. The number of rotatable bonds is 6. The zero-order valence-corrected chi connectivity index (χ0v) is 16.1. The number of hydrogen-bond donors (Lipinski definition) is 3. The van der Waals surface area contributed by atoms with E-state index in [1.54, 1.807) is 12.3 Å². The summed E-state index contributed by atoms with van der Waals surface area (Å²) in [5.41, 5.74) is 3.46. The van der Waals surface area contributed by atoms with E-state index in [1.807, 2.05) is 30.3 Å². The summed E-state index contributed by atoms with van der Waals surface area (Å²) in [7, 11) is 0. The van der Waals surface area contributed by atoms with E-state index in [-0.39, 0.29) is 17.9 Å². The number of aromatic nitrogens is 3. The Morgan fingerprint density at radius 1 is 1.04 bits per heavy atom. The molecule has 0 amide bonds. The summed E-state index contributed by atoms with van der Waals surface area (Å²) in [6.45, 7) is 6.23. The highest BCUT2D eigenvalue weighted by Gasteiger charge is 2.13. The van der Waals surface area contributed by atoms with Gasteiger partial charge in [-0.3, -0.25) is 9.78 Å². The molecule has 0 saturated carbocycles. The molecule has 144 valence electrons. The molecule has 0 aliphatic rings. The van der Waals surface area contributed by atoms with Gasteiger partial charge in [0.15, 0.2) is 0 Å². The second kappa shape index (κ2) is 8.04. The van der Waals surface area contributed by atoms with E-state index in [0.717, 1.165) is 5.69 Å². The number of hydrogen-bond acceptors (Lipinski definition) is 6. The molecule has 0 aliphatic heterocycles. The summed E-state index contributed by atoms with van der Waals surface area (Å²) in [4.78, 5) is 23.9. The monoisotopic (exact) mass is 377 g/mol. The first-order chi connectivity index (χ1) is 13.3. The number of anilines is 3. The van der Waals surface area contributed by atoms with Gasteiger partial charge in [-0.05, 0) is 35.2 Å². The van der Waals surface area contributed by atoms with Crippen LogP contribution in [0.1, 0.15) is 26.3 Å². The SMILES string of the molecule is CC(C)(C)c1ccc(Nc2cc(-c3ccccn3)nc(NCC(=O)O)n2)cc1. The first-order valence-electron chi connectivity index (χ1n) is 8.95. The molecule has 28 heavy (non-hydrogen) atoms. The van der Waals surface area contributed by atoms with Crippen LogP contribution in [0.25, 0.3) is 11.4 Å². The van der Waals surface area contributed by atoms with E-state index in [0.29, 0.717) is 17.2 Å². The second-order valence-electron chi connectivity index (χ2n) is 7.38. The maximum atomic E-state index is 10.9. The molecule has 0 atom stereocenters. The van der Waals surface area contributed by atoms with Crippen molar-refractivity contribution in [2.45, 2.75) is 26.2 Å². The fourth-order valence-electron chi connectivity index (χ4n) is 2.59. The molecule has 0 unspecified atom stereocenters. The lowest BCUT2D eigenvalue weighted by Crippen LogP contribution is -2.15. The number of nitrogens with zero attached hydrogens (tertiary/aromatic N) is 3. The zero-order valence-electron chi connectivity index (χ0n) is 16.1. The van der Waals surface area contributed by atoms with Gasteiger partial charge in [0, 0.05) is 18.0 Å². The summed E-state index contributed by atoms with van der Waals surface area (Å²) in [6.07, 6.45) is 1.68. The molecular weight excluding hydrogens is 354 g/mol. The molecule has 7 heteroatoms. The lowest BCUT2D eigenvalue weighted by atomic mass is 9.87. The molecule has 3 aromatic rings. The molecule has 2 aromatic heterocycles. The summed E-state index contributed by atoms with van der Waals surface area (Å²) in [5, 5.41) is 14.9. The normalized spacial score (nSPS) is 11.1. The predicted molar refractivity (Wildman–Crippen MR) is 110 cm³/mol. The van der Waals surface area contributed by atoms with Crippen molar-refractivity contribution in [1.82, 2.24) is 15.0 Å². The maximum Gasteiger partial charge on any atom is 0.322 e. The summed E-state index contributed by atoms with van der Waals surface area (Å²) in [6, 6.07) is 15.5. The third kappa shape index (κ3) is 5.03. The Morgan fingerprint density at radius 2 is 1.79 bits per heavy atom. The molecule has 2 heterocycles. The topological polar surface area (TPSA) is 100 Å². The molecule has 7 nitrogen and oxygen atoms in total. The molecular formula is C21H23N5O2. The number of benzene rings is 1.